The standard InChI is InChI=1S/C23H17ClN6O2/c1-30(18-8-4-5-9-26-18)23(32)12-10-13-17(11-14(12)24)28-20(19(13)25)21-22(31)29-16-7-3-2-6-15(16)27-21/h2-11,28H,25H2,1H3,(H,29,31). The van der Waals surface area contributed by atoms with Gasteiger partial charge in [0, 0.05) is 24.1 Å². The van der Waals surface area contributed by atoms with Crippen molar-refractivity contribution in [3.8, 4) is 11.4 Å². The second-order valence-corrected chi connectivity index (χ2v) is 7.68. The Morgan fingerprint density at radius 3 is 2.62 bits per heavy atom. The van der Waals surface area contributed by atoms with Gasteiger partial charge in [0.15, 0.2) is 5.69 Å². The lowest BCUT2D eigenvalue weighted by atomic mass is 10.1. The first-order valence-corrected chi connectivity index (χ1v) is 10.1. The van der Waals surface area contributed by atoms with E-state index in [1.807, 2.05) is 12.1 Å². The molecule has 0 aliphatic rings. The van der Waals surface area contributed by atoms with Crippen molar-refractivity contribution in [2.24, 2.45) is 0 Å². The smallest absolute Gasteiger partial charge is 0.276 e. The van der Waals surface area contributed by atoms with E-state index in [4.69, 9.17) is 17.3 Å². The number of para-hydroxylation sites is 2. The van der Waals surface area contributed by atoms with Crippen molar-refractivity contribution in [3.63, 3.8) is 0 Å². The number of rotatable bonds is 3. The second kappa shape index (κ2) is 7.51. The Kier molecular flexibility index (Phi) is 4.64. The second-order valence-electron chi connectivity index (χ2n) is 7.28. The van der Waals surface area contributed by atoms with Gasteiger partial charge in [-0.1, -0.05) is 29.8 Å². The SMILES string of the molecule is CN(C(=O)c1cc2c(N)c(-c3nc4ccccc4[nH]c3=O)[nH]c2cc1Cl)c1ccccn1. The van der Waals surface area contributed by atoms with Crippen LogP contribution in [0.3, 0.4) is 0 Å². The van der Waals surface area contributed by atoms with Gasteiger partial charge in [0.2, 0.25) is 0 Å². The number of carbonyl (C=O) groups excluding carboxylic acids is 1. The van der Waals surface area contributed by atoms with Crippen LogP contribution in [0.4, 0.5) is 11.5 Å². The fraction of sp³-hybridized carbons (Fsp3) is 0.0435. The number of carbonyl (C=O) groups is 1. The van der Waals surface area contributed by atoms with Gasteiger partial charge in [-0.25, -0.2) is 9.97 Å². The summed E-state index contributed by atoms with van der Waals surface area (Å²) >= 11 is 6.43. The van der Waals surface area contributed by atoms with E-state index in [0.29, 0.717) is 39.1 Å². The minimum absolute atomic E-state index is 0.159. The third kappa shape index (κ3) is 3.17. The van der Waals surface area contributed by atoms with Crippen LogP contribution in [-0.2, 0) is 0 Å². The van der Waals surface area contributed by atoms with E-state index in [1.165, 1.54) is 4.90 Å². The number of anilines is 2. The third-order valence-corrected chi connectivity index (χ3v) is 5.60. The summed E-state index contributed by atoms with van der Waals surface area (Å²) in [7, 11) is 1.62. The van der Waals surface area contributed by atoms with E-state index in [2.05, 4.69) is 19.9 Å². The summed E-state index contributed by atoms with van der Waals surface area (Å²) in [6, 6.07) is 15.8. The molecule has 1 amide bonds. The highest BCUT2D eigenvalue weighted by atomic mass is 35.5. The number of nitrogen functional groups attached to an aromatic ring is 1. The molecule has 0 aliphatic heterocycles. The van der Waals surface area contributed by atoms with Crippen LogP contribution >= 0.6 is 11.6 Å². The third-order valence-electron chi connectivity index (χ3n) is 5.29. The van der Waals surface area contributed by atoms with Gasteiger partial charge in [0.25, 0.3) is 11.5 Å². The number of nitrogens with two attached hydrogens (primary N) is 1. The molecule has 32 heavy (non-hydrogen) atoms. The number of fused-ring (bicyclic) bond motifs is 2. The molecule has 0 radical (unpaired) electrons. The molecule has 158 valence electrons. The maximum atomic E-state index is 13.1. The van der Waals surface area contributed by atoms with Crippen molar-refractivity contribution >= 4 is 50.9 Å². The summed E-state index contributed by atoms with van der Waals surface area (Å²) in [5, 5.41) is 0.815. The van der Waals surface area contributed by atoms with Crippen molar-refractivity contribution < 1.29 is 4.79 Å². The number of H-pyrrole nitrogens is 2. The van der Waals surface area contributed by atoms with Crippen LogP contribution in [-0.4, -0.2) is 32.9 Å². The largest absolute Gasteiger partial charge is 0.396 e. The fourth-order valence-corrected chi connectivity index (χ4v) is 3.87. The molecule has 0 unspecified atom stereocenters. The number of aromatic amines is 2. The predicted octanol–water partition coefficient (Wildman–Crippen LogP) is 3.98. The first kappa shape index (κ1) is 19.8. The Labute approximate surface area is 186 Å². The zero-order valence-electron chi connectivity index (χ0n) is 16.9. The Morgan fingerprint density at radius 2 is 1.84 bits per heavy atom. The molecule has 4 N–H and O–H groups in total. The Hall–Kier alpha value is -4.17. The molecule has 5 rings (SSSR count). The number of hydrogen-bond donors (Lipinski definition) is 3. The average molecular weight is 445 g/mol. The Balaban J connectivity index is 1.63. The van der Waals surface area contributed by atoms with Crippen molar-refractivity contribution in [2.45, 2.75) is 0 Å². The first-order chi connectivity index (χ1) is 15.4. The van der Waals surface area contributed by atoms with Gasteiger partial charge < -0.3 is 15.7 Å². The van der Waals surface area contributed by atoms with E-state index in [9.17, 15) is 9.59 Å². The minimum Gasteiger partial charge on any atom is -0.396 e. The number of amides is 1. The highest BCUT2D eigenvalue weighted by molar-refractivity contribution is 6.35. The van der Waals surface area contributed by atoms with E-state index in [-0.39, 0.29) is 27.7 Å². The number of nitrogens with zero attached hydrogens (tertiary/aromatic N) is 3. The molecule has 0 atom stereocenters. The van der Waals surface area contributed by atoms with E-state index < -0.39 is 0 Å². The zero-order chi connectivity index (χ0) is 22.4. The monoisotopic (exact) mass is 444 g/mol. The van der Waals surface area contributed by atoms with Crippen LogP contribution in [0, 0.1) is 0 Å². The van der Waals surface area contributed by atoms with Gasteiger partial charge >= 0.3 is 0 Å². The van der Waals surface area contributed by atoms with Crippen molar-refractivity contribution in [1.29, 1.82) is 0 Å². The normalized spacial score (nSPS) is 11.2. The van der Waals surface area contributed by atoms with Crippen LogP contribution in [0.2, 0.25) is 5.02 Å². The maximum Gasteiger partial charge on any atom is 0.276 e. The lowest BCUT2D eigenvalue weighted by molar-refractivity contribution is 0.0992. The van der Waals surface area contributed by atoms with Crippen LogP contribution < -0.4 is 16.2 Å². The highest BCUT2D eigenvalue weighted by Crippen LogP contribution is 2.34. The molecule has 0 bridgehead atoms. The lowest BCUT2D eigenvalue weighted by Gasteiger charge is -2.17. The predicted molar refractivity (Wildman–Crippen MR) is 126 cm³/mol. The summed E-state index contributed by atoms with van der Waals surface area (Å²) in [4.78, 5) is 41.8. The number of nitrogens with one attached hydrogen (secondary N) is 2. The zero-order valence-corrected chi connectivity index (χ0v) is 17.6. The first-order valence-electron chi connectivity index (χ1n) is 9.73. The number of halogens is 1. The van der Waals surface area contributed by atoms with Gasteiger partial charge in [-0.3, -0.25) is 14.5 Å². The molecular weight excluding hydrogens is 428 g/mol. The number of hydrogen-bond acceptors (Lipinski definition) is 5. The van der Waals surface area contributed by atoms with Gasteiger partial charge in [-0.15, -0.1) is 0 Å². The summed E-state index contributed by atoms with van der Waals surface area (Å²) in [5.41, 5.74) is 8.96. The van der Waals surface area contributed by atoms with Gasteiger partial charge in [-0.05, 0) is 36.4 Å². The molecule has 2 aromatic carbocycles. The molecule has 5 aromatic rings. The van der Waals surface area contributed by atoms with Gasteiger partial charge in [-0.2, -0.15) is 0 Å². The van der Waals surface area contributed by atoms with Crippen molar-refractivity contribution in [3.05, 3.63) is 81.7 Å². The molecule has 0 fully saturated rings. The maximum absolute atomic E-state index is 13.1. The van der Waals surface area contributed by atoms with Crippen LogP contribution in [0.25, 0.3) is 33.3 Å². The quantitative estimate of drug-likeness (QED) is 0.388. The van der Waals surface area contributed by atoms with E-state index in [1.54, 1.807) is 55.7 Å². The van der Waals surface area contributed by atoms with Crippen molar-refractivity contribution in [1.82, 2.24) is 19.9 Å². The summed E-state index contributed by atoms with van der Waals surface area (Å²) < 4.78 is 0. The summed E-state index contributed by atoms with van der Waals surface area (Å²) in [6.45, 7) is 0. The average Bonchev–Trinajstić information content (AvgIpc) is 3.12. The number of pyridine rings is 1. The number of aromatic nitrogens is 4. The topological polar surface area (TPSA) is 121 Å². The molecule has 0 saturated heterocycles. The molecule has 0 saturated carbocycles. The number of benzene rings is 2. The fourth-order valence-electron chi connectivity index (χ4n) is 3.62. The molecule has 9 heteroatoms. The Morgan fingerprint density at radius 1 is 1.06 bits per heavy atom. The molecular formula is C23H17ClN6O2. The van der Waals surface area contributed by atoms with Crippen LogP contribution in [0.5, 0.6) is 0 Å². The van der Waals surface area contributed by atoms with Gasteiger partial charge in [0.1, 0.15) is 5.82 Å². The Bertz CT molecular complexity index is 1560. The molecule has 0 aliphatic carbocycles. The van der Waals surface area contributed by atoms with Crippen LogP contribution in [0.15, 0.2) is 65.6 Å². The van der Waals surface area contributed by atoms with Crippen LogP contribution in [0.1, 0.15) is 10.4 Å². The molecule has 0 spiro atoms. The van der Waals surface area contributed by atoms with Crippen molar-refractivity contribution in [2.75, 3.05) is 17.7 Å². The minimum atomic E-state index is -0.376. The lowest BCUT2D eigenvalue weighted by Crippen LogP contribution is -2.27. The molecule has 3 heterocycles. The van der Waals surface area contributed by atoms with E-state index in [0.717, 1.165) is 0 Å². The van der Waals surface area contributed by atoms with E-state index >= 15 is 0 Å². The van der Waals surface area contributed by atoms with Gasteiger partial charge in [0.05, 0.1) is 33.0 Å². The molecule has 3 aromatic heterocycles. The summed E-state index contributed by atoms with van der Waals surface area (Å²) in [6.07, 6.45) is 1.61. The molecule has 8 nitrogen and oxygen atoms in total. The summed E-state index contributed by atoms with van der Waals surface area (Å²) in [5.74, 6) is 0.155. The highest BCUT2D eigenvalue weighted by Gasteiger charge is 2.22.